The van der Waals surface area contributed by atoms with Crippen LogP contribution in [-0.2, 0) is 60.3 Å². The van der Waals surface area contributed by atoms with Gasteiger partial charge in [0.1, 0.15) is 6.15 Å². The van der Waals surface area contributed by atoms with E-state index in [-0.39, 0.29) is 10.9 Å². The van der Waals surface area contributed by atoms with Crippen LogP contribution in [-0.4, -0.2) is 6.15 Å². The van der Waals surface area contributed by atoms with Crippen molar-refractivity contribution in [1.82, 2.24) is 0 Å². The van der Waals surface area contributed by atoms with Crippen LogP contribution in [0.3, 0.4) is 0 Å². The molecule has 0 aliphatic carbocycles. The molecule has 8 aromatic rings. The molecule has 0 N–H and O–H groups in total. The summed E-state index contributed by atoms with van der Waals surface area (Å²) in [4.78, 5) is 4.10. The summed E-state index contributed by atoms with van der Waals surface area (Å²) in [5, 5.41) is 2.64. The van der Waals surface area contributed by atoms with Crippen LogP contribution in [0.4, 0.5) is 105 Å². The third-order valence-corrected chi connectivity index (χ3v) is 14.7. The minimum absolute atomic E-state index is 0.0892. The van der Waals surface area contributed by atoms with E-state index in [2.05, 4.69) is 103 Å². The van der Waals surface area contributed by atoms with Gasteiger partial charge in [-0.25, -0.2) is 0 Å². The summed E-state index contributed by atoms with van der Waals surface area (Å²) in [6, 6.07) is 28.1. The van der Waals surface area contributed by atoms with E-state index in [0.29, 0.717) is 0 Å². The zero-order valence-corrected chi connectivity index (χ0v) is 40.1. The Kier molecular flexibility index (Phi) is 16.1. The molecule has 0 radical (unpaired) electrons. The largest absolute Gasteiger partial charge is 0.416 e. The molecule has 422 valence electrons. The van der Waals surface area contributed by atoms with Crippen molar-refractivity contribution in [2.24, 2.45) is 0 Å². The molecule has 0 saturated heterocycles. The summed E-state index contributed by atoms with van der Waals surface area (Å²) in [5.74, 6) is 0. The second-order valence-corrected chi connectivity index (χ2v) is 19.6. The van der Waals surface area contributed by atoms with E-state index >= 15 is 0 Å². The smallest absolute Gasteiger partial charge is 0.194 e. The maximum absolute atomic E-state index is 14.2. The van der Waals surface area contributed by atoms with Crippen molar-refractivity contribution in [1.29, 1.82) is 0 Å². The Labute approximate surface area is 438 Å². The van der Waals surface area contributed by atoms with Crippen LogP contribution < -0.4 is 21.9 Å². The zero-order chi connectivity index (χ0) is 59.4. The molecule has 0 spiro atoms. The van der Waals surface area contributed by atoms with Crippen LogP contribution in [0.15, 0.2) is 191 Å². The van der Waals surface area contributed by atoms with E-state index in [1.165, 1.54) is 25.5 Å². The van der Waals surface area contributed by atoms with Crippen molar-refractivity contribution in [3.8, 4) is 0 Å². The third kappa shape index (κ3) is 13.2. The van der Waals surface area contributed by atoms with E-state index in [0.717, 1.165) is 0 Å². The Morgan fingerprint density at radius 2 is 0.463 bits per heavy atom. The Morgan fingerprint density at radius 1 is 0.237 bits per heavy atom. The number of hydrogen-bond donors (Lipinski definition) is 0. The van der Waals surface area contributed by atoms with Crippen molar-refractivity contribution in [3.05, 3.63) is 220 Å². The molecule has 26 heteroatoms. The Balaban J connectivity index is 0.000000329. The molecule has 0 nitrogen and oxygen atoms in total. The van der Waals surface area contributed by atoms with Crippen LogP contribution in [0.1, 0.15) is 44.5 Å². The minimum Gasteiger partial charge on any atom is -0.194 e. The van der Waals surface area contributed by atoms with Crippen LogP contribution in [0.25, 0.3) is 10.8 Å². The van der Waals surface area contributed by atoms with Crippen molar-refractivity contribution in [2.75, 3.05) is 0 Å². The lowest BCUT2D eigenvalue weighted by atomic mass is 9.12. The van der Waals surface area contributed by atoms with Gasteiger partial charge in [-0.15, -0.1) is 0 Å². The molecule has 0 fully saturated rings. The molecular formula is C54H29BF24S. The average molecular weight is 1180 g/mol. The molecule has 0 amide bonds. The van der Waals surface area contributed by atoms with Gasteiger partial charge in [0.25, 0.3) is 0 Å². The zero-order valence-electron chi connectivity index (χ0n) is 39.3. The van der Waals surface area contributed by atoms with E-state index in [4.69, 9.17) is 0 Å². The van der Waals surface area contributed by atoms with Gasteiger partial charge in [0.15, 0.2) is 14.7 Å². The van der Waals surface area contributed by atoms with Crippen molar-refractivity contribution in [2.45, 2.75) is 64.1 Å². The van der Waals surface area contributed by atoms with Gasteiger partial charge in [0.05, 0.1) is 55.4 Å². The van der Waals surface area contributed by atoms with Gasteiger partial charge in [-0.1, -0.05) is 115 Å². The summed E-state index contributed by atoms with van der Waals surface area (Å²) >= 11 is 0. The molecule has 0 aliphatic rings. The maximum Gasteiger partial charge on any atom is 0.416 e. The normalized spacial score (nSPS) is 13.4. The molecule has 0 unspecified atom stereocenters. The Bertz CT molecular complexity index is 3010. The molecule has 0 atom stereocenters. The number of halogens is 24. The number of alkyl halides is 24. The van der Waals surface area contributed by atoms with Crippen LogP contribution in [0.2, 0.25) is 0 Å². The van der Waals surface area contributed by atoms with Gasteiger partial charge in [-0.05, 0) is 66.0 Å². The lowest BCUT2D eigenvalue weighted by Crippen LogP contribution is -2.75. The predicted molar refractivity (Wildman–Crippen MR) is 249 cm³/mol. The summed E-state index contributed by atoms with van der Waals surface area (Å²) in [6.07, 6.45) is -54.8. The highest BCUT2D eigenvalue weighted by molar-refractivity contribution is 7.97. The second kappa shape index (κ2) is 21.3. The standard InChI is InChI=1S/C32H12BF24.C22H17S/c34-25(35,36)13-1-14(26(37,38)39)6-21(5-13)33(22-7-15(27(40,41)42)2-16(8-22)28(43,44)45,23-9-17(29(46,47)48)3-18(10-23)30(49,50)51)24-11-19(31(52,53)54)4-20(12-24)32(55,56)57;1-3-12-19(13-4-1)23(20-14-5-2-6-15-20)22-17-9-11-18-10-7-8-16-21(18)22/h1-12H;1-17H/q-1;+1. The summed E-state index contributed by atoms with van der Waals surface area (Å²) in [7, 11) is -0.0892. The Hall–Kier alpha value is -7.25. The van der Waals surface area contributed by atoms with Crippen molar-refractivity contribution >= 4 is 49.7 Å². The fraction of sp³-hybridized carbons (Fsp3) is 0.148. The second-order valence-electron chi connectivity index (χ2n) is 17.6. The predicted octanol–water partition coefficient (Wildman–Crippen LogP) is 17.1. The fourth-order valence-electron chi connectivity index (χ4n) is 8.95. The first-order chi connectivity index (χ1) is 36.7. The molecule has 0 aliphatic heterocycles. The lowest BCUT2D eigenvalue weighted by Gasteiger charge is -2.46. The van der Waals surface area contributed by atoms with Gasteiger partial charge in [-0.3, -0.25) is 0 Å². The van der Waals surface area contributed by atoms with E-state index < -0.39 is 195 Å². The van der Waals surface area contributed by atoms with Gasteiger partial charge in [0, 0.05) is 5.39 Å². The first-order valence-electron chi connectivity index (χ1n) is 22.4. The summed E-state index contributed by atoms with van der Waals surface area (Å²) < 4.78 is 341. The van der Waals surface area contributed by atoms with E-state index in [9.17, 15) is 105 Å². The first kappa shape index (κ1) is 60.4. The third-order valence-electron chi connectivity index (χ3n) is 12.4. The van der Waals surface area contributed by atoms with Crippen LogP contribution in [0.5, 0.6) is 0 Å². The number of rotatable bonds is 7. The number of fused-ring (bicyclic) bond motifs is 1. The molecule has 8 aromatic carbocycles. The van der Waals surface area contributed by atoms with E-state index in [1.54, 1.807) is 0 Å². The quantitative estimate of drug-likeness (QED) is 0.0848. The molecule has 0 heterocycles. The highest BCUT2D eigenvalue weighted by Crippen LogP contribution is 2.42. The fourth-order valence-corrected chi connectivity index (χ4v) is 11.2. The first-order valence-corrected chi connectivity index (χ1v) is 23.6. The SMILES string of the molecule is FC(F)(F)c1cc([B-](c2cc(C(F)(F)F)cc(C(F)(F)F)c2)(c2cc(C(F)(F)F)cc(C(F)(F)F)c2)c2cc(C(F)(F)F)cc(C(F)(F)F)c2)cc(C(F)(F)F)c1.c1ccc([S+](c2ccccc2)c2cccc3ccccc23)cc1. The summed E-state index contributed by atoms with van der Waals surface area (Å²) in [5.41, 5.74) is -30.2. The van der Waals surface area contributed by atoms with Gasteiger partial charge in [-0.2, -0.15) is 127 Å². The van der Waals surface area contributed by atoms with Crippen LogP contribution >= 0.6 is 0 Å². The number of hydrogen-bond acceptors (Lipinski definition) is 0. The molecule has 0 bridgehead atoms. The molecule has 0 saturated carbocycles. The Morgan fingerprint density at radius 3 is 0.713 bits per heavy atom. The van der Waals surface area contributed by atoms with Gasteiger partial charge >= 0.3 is 49.4 Å². The topological polar surface area (TPSA) is 0 Å². The summed E-state index contributed by atoms with van der Waals surface area (Å²) in [6.45, 7) is 0. The molecule has 8 rings (SSSR count). The highest BCUT2D eigenvalue weighted by Gasteiger charge is 2.47. The number of benzene rings is 8. The monoisotopic (exact) mass is 1180 g/mol. The van der Waals surface area contributed by atoms with E-state index in [1.807, 2.05) is 0 Å². The van der Waals surface area contributed by atoms with Gasteiger partial charge < -0.3 is 0 Å². The molecule has 80 heavy (non-hydrogen) atoms. The van der Waals surface area contributed by atoms with Crippen molar-refractivity contribution in [3.63, 3.8) is 0 Å². The maximum atomic E-state index is 14.2. The van der Waals surface area contributed by atoms with Crippen LogP contribution in [0, 0.1) is 0 Å². The average Bonchev–Trinajstić information content (AvgIpc) is 3.56. The lowest BCUT2D eigenvalue weighted by molar-refractivity contribution is -0.144. The van der Waals surface area contributed by atoms with Crippen molar-refractivity contribution < 1.29 is 105 Å². The molecular weight excluding hydrogens is 1150 g/mol. The molecule has 0 aromatic heterocycles. The minimum atomic E-state index is -6.13. The highest BCUT2D eigenvalue weighted by atomic mass is 32.2. The van der Waals surface area contributed by atoms with Gasteiger partial charge in [0.2, 0.25) is 0 Å².